The zero-order chi connectivity index (χ0) is 19.3. The Hall–Kier alpha value is -2.16. The number of hydrogen-bond acceptors (Lipinski definition) is 4. The summed E-state index contributed by atoms with van der Waals surface area (Å²) in [5.41, 5.74) is 0.551. The van der Waals surface area contributed by atoms with Crippen LogP contribution in [0.1, 0.15) is 20.8 Å². The van der Waals surface area contributed by atoms with E-state index in [4.69, 9.17) is 4.74 Å². The lowest BCUT2D eigenvalue weighted by atomic mass is 10.1. The minimum atomic E-state index is -2.93. The molecule has 1 aromatic carbocycles. The minimum Gasteiger partial charge on any atom is -0.444 e. The molecule has 0 aliphatic heterocycles. The van der Waals surface area contributed by atoms with Crippen molar-refractivity contribution in [2.45, 2.75) is 39.5 Å². The number of amides is 1. The van der Waals surface area contributed by atoms with Crippen molar-refractivity contribution in [3.05, 3.63) is 35.1 Å². The number of benzene rings is 1. The number of aromatic nitrogens is 2. The molecule has 2 rings (SSSR count). The fourth-order valence-electron chi connectivity index (χ4n) is 2.16. The largest absolute Gasteiger partial charge is 0.444 e. The molecule has 0 aliphatic rings. The molecule has 0 aliphatic carbocycles. The number of para-hydroxylation sites is 1. The zero-order valence-corrected chi connectivity index (χ0v) is 16.2. The van der Waals surface area contributed by atoms with Crippen molar-refractivity contribution in [3.63, 3.8) is 0 Å². The van der Waals surface area contributed by atoms with Crippen molar-refractivity contribution in [1.29, 1.82) is 0 Å². The summed E-state index contributed by atoms with van der Waals surface area (Å²) in [6, 6.07) is 5.01. The predicted octanol–water partition coefficient (Wildman–Crippen LogP) is 4.44. The summed E-state index contributed by atoms with van der Waals surface area (Å²) in [7, 11) is 0. The highest BCUT2D eigenvalue weighted by Gasteiger charge is 2.17. The van der Waals surface area contributed by atoms with Gasteiger partial charge >= 0.3 is 12.7 Å². The summed E-state index contributed by atoms with van der Waals surface area (Å²) >= 11 is 3.21. The van der Waals surface area contributed by atoms with E-state index in [2.05, 4.69) is 31.1 Å². The number of hydrogen-bond donors (Lipinski definition) is 1. The predicted molar refractivity (Wildman–Crippen MR) is 96.2 cm³/mol. The van der Waals surface area contributed by atoms with Crippen molar-refractivity contribution >= 4 is 22.0 Å². The first-order valence-corrected chi connectivity index (χ1v) is 8.68. The quantitative estimate of drug-likeness (QED) is 0.733. The Bertz CT molecular complexity index is 760. The number of nitrogens with one attached hydrogen (secondary N) is 1. The summed E-state index contributed by atoms with van der Waals surface area (Å²) < 4.78 is 37.1. The molecule has 0 atom stereocenters. The van der Waals surface area contributed by atoms with Crippen LogP contribution in [0.25, 0.3) is 11.1 Å². The van der Waals surface area contributed by atoms with Crippen LogP contribution in [0.3, 0.4) is 0 Å². The number of ether oxygens (including phenoxy) is 2. The number of carbonyl (C=O) groups excluding carboxylic acids is 1. The van der Waals surface area contributed by atoms with Gasteiger partial charge < -0.3 is 14.8 Å². The standard InChI is InChI=1S/C17H20BrF2N3O3/c1-17(2,3)26-16(24)21-7-8-23-10-11(9-22-23)12-5-4-6-13(18)14(12)25-15(19)20/h4-6,9-10,15H,7-8H2,1-3H3,(H,21,24). The van der Waals surface area contributed by atoms with E-state index < -0.39 is 18.3 Å². The molecule has 1 N–H and O–H groups in total. The van der Waals surface area contributed by atoms with Crippen molar-refractivity contribution in [2.24, 2.45) is 0 Å². The Labute approximate surface area is 158 Å². The Morgan fingerprint density at radius 3 is 2.77 bits per heavy atom. The van der Waals surface area contributed by atoms with Crippen LogP contribution in [0.5, 0.6) is 5.75 Å². The molecule has 1 aromatic heterocycles. The van der Waals surface area contributed by atoms with Gasteiger partial charge in [-0.15, -0.1) is 0 Å². The molecule has 142 valence electrons. The van der Waals surface area contributed by atoms with E-state index in [1.807, 2.05) is 0 Å². The second-order valence-electron chi connectivity index (χ2n) is 6.42. The molecule has 26 heavy (non-hydrogen) atoms. The van der Waals surface area contributed by atoms with Gasteiger partial charge in [0.25, 0.3) is 0 Å². The van der Waals surface area contributed by atoms with Crippen molar-refractivity contribution in [3.8, 4) is 16.9 Å². The van der Waals surface area contributed by atoms with Gasteiger partial charge in [-0.3, -0.25) is 4.68 Å². The van der Waals surface area contributed by atoms with Gasteiger partial charge in [-0.1, -0.05) is 12.1 Å². The molecule has 0 bridgehead atoms. The van der Waals surface area contributed by atoms with E-state index in [1.165, 1.54) is 0 Å². The highest BCUT2D eigenvalue weighted by molar-refractivity contribution is 9.10. The van der Waals surface area contributed by atoms with E-state index in [-0.39, 0.29) is 5.75 Å². The maximum Gasteiger partial charge on any atom is 0.407 e. The average Bonchev–Trinajstić information content (AvgIpc) is 2.95. The maximum atomic E-state index is 12.6. The van der Waals surface area contributed by atoms with Gasteiger partial charge in [0.1, 0.15) is 11.4 Å². The van der Waals surface area contributed by atoms with Gasteiger partial charge in [0.2, 0.25) is 0 Å². The molecule has 0 saturated carbocycles. The highest BCUT2D eigenvalue weighted by atomic mass is 79.9. The smallest absolute Gasteiger partial charge is 0.407 e. The summed E-state index contributed by atoms with van der Waals surface area (Å²) in [5, 5.41) is 6.81. The van der Waals surface area contributed by atoms with Crippen LogP contribution in [0.15, 0.2) is 35.1 Å². The normalized spacial score (nSPS) is 11.5. The molecular weight excluding hydrogens is 412 g/mol. The van der Waals surface area contributed by atoms with Crippen LogP contribution >= 0.6 is 15.9 Å². The number of alkyl halides is 2. The summed E-state index contributed by atoms with van der Waals surface area (Å²) in [6.07, 6.45) is 2.73. The second kappa shape index (κ2) is 8.48. The first-order chi connectivity index (χ1) is 12.2. The fourth-order valence-corrected chi connectivity index (χ4v) is 2.62. The Morgan fingerprint density at radius 1 is 1.38 bits per heavy atom. The van der Waals surface area contributed by atoms with Crippen molar-refractivity contribution in [2.75, 3.05) is 6.54 Å². The zero-order valence-electron chi connectivity index (χ0n) is 14.6. The lowest BCUT2D eigenvalue weighted by Gasteiger charge is -2.19. The molecule has 1 amide bonds. The monoisotopic (exact) mass is 431 g/mol. The molecule has 1 heterocycles. The summed E-state index contributed by atoms with van der Waals surface area (Å²) in [6.45, 7) is 3.13. The van der Waals surface area contributed by atoms with Gasteiger partial charge in [0, 0.05) is 23.9 Å². The number of alkyl carbamates (subject to hydrolysis) is 1. The lowest BCUT2D eigenvalue weighted by Crippen LogP contribution is -2.34. The summed E-state index contributed by atoms with van der Waals surface area (Å²) in [5.74, 6) is 0.0499. The SMILES string of the molecule is CC(C)(C)OC(=O)NCCn1cc(-c2cccc(Br)c2OC(F)F)cn1. The van der Waals surface area contributed by atoms with Crippen LogP contribution in [-0.4, -0.2) is 34.6 Å². The van der Waals surface area contributed by atoms with Crippen LogP contribution in [0, 0.1) is 0 Å². The first kappa shape index (κ1) is 20.2. The highest BCUT2D eigenvalue weighted by Crippen LogP contribution is 2.37. The molecule has 9 heteroatoms. The Kier molecular flexibility index (Phi) is 6.57. The number of rotatable bonds is 6. The third kappa shape index (κ3) is 5.98. The van der Waals surface area contributed by atoms with Crippen molar-refractivity contribution in [1.82, 2.24) is 15.1 Å². The van der Waals surface area contributed by atoms with E-state index in [0.29, 0.717) is 28.7 Å². The van der Waals surface area contributed by atoms with Crippen molar-refractivity contribution < 1.29 is 23.0 Å². The van der Waals surface area contributed by atoms with E-state index in [9.17, 15) is 13.6 Å². The number of carbonyl (C=O) groups is 1. The van der Waals surface area contributed by atoms with Gasteiger partial charge in [-0.25, -0.2) is 4.79 Å². The Balaban J connectivity index is 2.02. The molecule has 0 fully saturated rings. The van der Waals surface area contributed by atoms with E-state index in [1.54, 1.807) is 56.0 Å². The molecule has 0 spiro atoms. The molecule has 0 saturated heterocycles. The van der Waals surface area contributed by atoms with E-state index in [0.717, 1.165) is 0 Å². The van der Waals surface area contributed by atoms with Gasteiger partial charge in [-0.05, 0) is 42.8 Å². The van der Waals surface area contributed by atoms with Crippen LogP contribution in [0.2, 0.25) is 0 Å². The third-order valence-corrected chi connectivity index (χ3v) is 3.75. The minimum absolute atomic E-state index is 0.0499. The topological polar surface area (TPSA) is 65.4 Å². The molecule has 0 radical (unpaired) electrons. The maximum absolute atomic E-state index is 12.6. The second-order valence-corrected chi connectivity index (χ2v) is 7.27. The van der Waals surface area contributed by atoms with Gasteiger partial charge in [-0.2, -0.15) is 13.9 Å². The average molecular weight is 432 g/mol. The van der Waals surface area contributed by atoms with Crippen LogP contribution in [0.4, 0.5) is 13.6 Å². The fraction of sp³-hybridized carbons (Fsp3) is 0.412. The molecule has 0 unspecified atom stereocenters. The Morgan fingerprint density at radius 2 is 2.12 bits per heavy atom. The van der Waals surface area contributed by atoms with E-state index >= 15 is 0 Å². The molecular formula is C17H20BrF2N3O3. The van der Waals surface area contributed by atoms with Gasteiger partial charge in [0.15, 0.2) is 0 Å². The number of nitrogens with zero attached hydrogens (tertiary/aromatic N) is 2. The first-order valence-electron chi connectivity index (χ1n) is 7.89. The third-order valence-electron chi connectivity index (χ3n) is 3.13. The molecule has 6 nitrogen and oxygen atoms in total. The lowest BCUT2D eigenvalue weighted by molar-refractivity contribution is -0.0499. The van der Waals surface area contributed by atoms with Gasteiger partial charge in [0.05, 0.1) is 17.2 Å². The summed E-state index contributed by atoms with van der Waals surface area (Å²) in [4.78, 5) is 11.6. The number of halogens is 3. The van der Waals surface area contributed by atoms with Crippen LogP contribution < -0.4 is 10.1 Å². The molecule has 2 aromatic rings. The van der Waals surface area contributed by atoms with Crippen LogP contribution in [-0.2, 0) is 11.3 Å².